The summed E-state index contributed by atoms with van der Waals surface area (Å²) in [5.41, 5.74) is 3.29. The van der Waals surface area contributed by atoms with E-state index in [1.807, 2.05) is 33.0 Å². The van der Waals surface area contributed by atoms with Gasteiger partial charge in [-0.1, -0.05) is 0 Å². The largest absolute Gasteiger partial charge is 0.491 e. The molecule has 2 rings (SSSR count). The fraction of sp³-hybridized carbons (Fsp3) is 0.400. The molecular formula is C15H21N3O. The highest BCUT2D eigenvalue weighted by atomic mass is 16.5. The molecule has 0 aliphatic carbocycles. The van der Waals surface area contributed by atoms with E-state index in [9.17, 15) is 0 Å². The third-order valence-electron chi connectivity index (χ3n) is 2.84. The van der Waals surface area contributed by atoms with Gasteiger partial charge in [0.15, 0.2) is 0 Å². The molecular weight excluding hydrogens is 238 g/mol. The van der Waals surface area contributed by atoms with E-state index >= 15 is 0 Å². The molecule has 0 bridgehead atoms. The first-order chi connectivity index (χ1) is 9.20. The molecule has 0 spiro atoms. The zero-order valence-corrected chi connectivity index (χ0v) is 11.7. The molecule has 1 aromatic heterocycles. The Labute approximate surface area is 114 Å². The van der Waals surface area contributed by atoms with Crippen LogP contribution in [0.4, 0.5) is 0 Å². The maximum absolute atomic E-state index is 5.64. The van der Waals surface area contributed by atoms with Crippen molar-refractivity contribution in [1.82, 2.24) is 15.3 Å². The lowest BCUT2D eigenvalue weighted by atomic mass is 10.1. The summed E-state index contributed by atoms with van der Waals surface area (Å²) in [5.74, 6) is 0.895. The predicted octanol–water partition coefficient (Wildman–Crippen LogP) is 2.63. The zero-order chi connectivity index (χ0) is 13.7. The van der Waals surface area contributed by atoms with Crippen LogP contribution in [-0.4, -0.2) is 29.7 Å². The zero-order valence-electron chi connectivity index (χ0n) is 11.7. The summed E-state index contributed by atoms with van der Waals surface area (Å²) in [4.78, 5) is 7.61. The van der Waals surface area contributed by atoms with Crippen molar-refractivity contribution < 1.29 is 4.74 Å². The number of likely N-dealkylation sites (N-methyl/N-ethyl adjacent to an activating group) is 1. The number of ether oxygens (including phenoxy) is 1. The molecule has 2 aromatic rings. The van der Waals surface area contributed by atoms with Crippen LogP contribution in [0.15, 0.2) is 30.6 Å². The summed E-state index contributed by atoms with van der Waals surface area (Å²) in [5, 5.41) is 3.15. The lowest BCUT2D eigenvalue weighted by Crippen LogP contribution is -2.11. The summed E-state index contributed by atoms with van der Waals surface area (Å²) in [6, 6.07) is 8.09. The summed E-state index contributed by atoms with van der Waals surface area (Å²) in [6.07, 6.45) is 2.89. The van der Waals surface area contributed by atoms with Crippen molar-refractivity contribution in [2.24, 2.45) is 0 Å². The van der Waals surface area contributed by atoms with Crippen molar-refractivity contribution in [2.45, 2.75) is 26.4 Å². The minimum absolute atomic E-state index is 0.197. The molecule has 0 saturated carbocycles. The quantitative estimate of drug-likeness (QED) is 0.838. The fourth-order valence-corrected chi connectivity index (χ4v) is 1.97. The number of hydrogen-bond acceptors (Lipinski definition) is 3. The first-order valence-electron chi connectivity index (χ1n) is 6.64. The third-order valence-corrected chi connectivity index (χ3v) is 2.84. The lowest BCUT2D eigenvalue weighted by molar-refractivity contribution is 0.242. The number of nitrogens with zero attached hydrogens (tertiary/aromatic N) is 1. The lowest BCUT2D eigenvalue weighted by Gasteiger charge is -2.10. The summed E-state index contributed by atoms with van der Waals surface area (Å²) in [7, 11) is 1.95. The van der Waals surface area contributed by atoms with Gasteiger partial charge in [-0.2, -0.15) is 0 Å². The molecule has 0 fully saturated rings. The first-order valence-corrected chi connectivity index (χ1v) is 6.64. The van der Waals surface area contributed by atoms with Crippen LogP contribution in [-0.2, 0) is 6.42 Å². The molecule has 0 atom stereocenters. The number of aromatic nitrogens is 2. The highest BCUT2D eigenvalue weighted by Crippen LogP contribution is 2.23. The van der Waals surface area contributed by atoms with Crippen LogP contribution in [0.2, 0.25) is 0 Å². The number of hydrogen-bond donors (Lipinski definition) is 2. The standard InChI is InChI=1S/C15H21N3O/c1-11(2)19-13-6-4-12(5-7-13)15-14(8-9-16-3)17-10-18-15/h4-7,10-11,16H,8-9H2,1-3H3,(H,17,18). The van der Waals surface area contributed by atoms with Crippen molar-refractivity contribution >= 4 is 0 Å². The molecule has 1 heterocycles. The van der Waals surface area contributed by atoms with Gasteiger partial charge in [0.2, 0.25) is 0 Å². The summed E-state index contributed by atoms with van der Waals surface area (Å²) >= 11 is 0. The molecule has 0 amide bonds. The Morgan fingerprint density at radius 1 is 1.26 bits per heavy atom. The van der Waals surface area contributed by atoms with Crippen molar-refractivity contribution in [3.63, 3.8) is 0 Å². The van der Waals surface area contributed by atoms with Gasteiger partial charge >= 0.3 is 0 Å². The minimum Gasteiger partial charge on any atom is -0.491 e. The van der Waals surface area contributed by atoms with E-state index in [0.717, 1.165) is 35.7 Å². The Morgan fingerprint density at radius 3 is 2.63 bits per heavy atom. The van der Waals surface area contributed by atoms with E-state index in [2.05, 4.69) is 27.4 Å². The topological polar surface area (TPSA) is 49.9 Å². The van der Waals surface area contributed by atoms with Crippen molar-refractivity contribution in [3.05, 3.63) is 36.3 Å². The van der Waals surface area contributed by atoms with Crippen LogP contribution in [0.5, 0.6) is 5.75 Å². The van der Waals surface area contributed by atoms with Crippen LogP contribution >= 0.6 is 0 Å². The summed E-state index contributed by atoms with van der Waals surface area (Å²) in [6.45, 7) is 4.98. The Morgan fingerprint density at radius 2 is 2.00 bits per heavy atom. The highest BCUT2D eigenvalue weighted by molar-refractivity contribution is 5.62. The number of benzene rings is 1. The van der Waals surface area contributed by atoms with Gasteiger partial charge in [0, 0.05) is 24.2 Å². The number of aromatic amines is 1. The van der Waals surface area contributed by atoms with Crippen LogP contribution in [0.3, 0.4) is 0 Å². The number of nitrogens with one attached hydrogen (secondary N) is 2. The molecule has 19 heavy (non-hydrogen) atoms. The van der Waals surface area contributed by atoms with Crippen LogP contribution in [0.25, 0.3) is 11.3 Å². The van der Waals surface area contributed by atoms with E-state index in [4.69, 9.17) is 4.74 Å². The van der Waals surface area contributed by atoms with Gasteiger partial charge in [0.05, 0.1) is 18.1 Å². The second kappa shape index (κ2) is 6.38. The Balaban J connectivity index is 2.15. The van der Waals surface area contributed by atoms with Gasteiger partial charge in [0.25, 0.3) is 0 Å². The SMILES string of the molecule is CNCCc1[nH]cnc1-c1ccc(OC(C)C)cc1. The van der Waals surface area contributed by atoms with Crippen LogP contribution in [0.1, 0.15) is 19.5 Å². The smallest absolute Gasteiger partial charge is 0.119 e. The molecule has 0 radical (unpaired) electrons. The van der Waals surface area contributed by atoms with E-state index in [1.165, 1.54) is 0 Å². The van der Waals surface area contributed by atoms with Gasteiger partial charge in [-0.25, -0.2) is 4.98 Å². The first kappa shape index (κ1) is 13.6. The average molecular weight is 259 g/mol. The van der Waals surface area contributed by atoms with Gasteiger partial charge in [0.1, 0.15) is 5.75 Å². The molecule has 0 aliphatic heterocycles. The number of rotatable bonds is 6. The summed E-state index contributed by atoms with van der Waals surface area (Å²) < 4.78 is 5.64. The van der Waals surface area contributed by atoms with Gasteiger partial charge in [-0.15, -0.1) is 0 Å². The molecule has 0 unspecified atom stereocenters. The monoisotopic (exact) mass is 259 g/mol. The molecule has 1 aromatic carbocycles. The van der Waals surface area contributed by atoms with Gasteiger partial charge < -0.3 is 15.0 Å². The third kappa shape index (κ3) is 3.58. The fourth-order valence-electron chi connectivity index (χ4n) is 1.97. The minimum atomic E-state index is 0.197. The molecule has 102 valence electrons. The predicted molar refractivity (Wildman–Crippen MR) is 77.4 cm³/mol. The van der Waals surface area contributed by atoms with E-state index in [-0.39, 0.29) is 6.10 Å². The van der Waals surface area contributed by atoms with E-state index in [1.54, 1.807) is 6.33 Å². The molecule has 2 N–H and O–H groups in total. The Kier molecular flexibility index (Phi) is 4.58. The van der Waals surface area contributed by atoms with Crippen LogP contribution < -0.4 is 10.1 Å². The second-order valence-electron chi connectivity index (χ2n) is 4.77. The molecule has 0 aliphatic rings. The highest BCUT2D eigenvalue weighted by Gasteiger charge is 2.08. The van der Waals surface area contributed by atoms with Crippen LogP contribution in [0, 0.1) is 0 Å². The van der Waals surface area contributed by atoms with Crippen molar-refractivity contribution in [2.75, 3.05) is 13.6 Å². The van der Waals surface area contributed by atoms with Gasteiger partial charge in [-0.3, -0.25) is 0 Å². The molecule has 0 saturated heterocycles. The van der Waals surface area contributed by atoms with Crippen molar-refractivity contribution in [3.8, 4) is 17.0 Å². The second-order valence-corrected chi connectivity index (χ2v) is 4.77. The average Bonchev–Trinajstić information content (AvgIpc) is 2.85. The number of imidazole rings is 1. The van der Waals surface area contributed by atoms with E-state index < -0.39 is 0 Å². The molecule has 4 heteroatoms. The molecule has 4 nitrogen and oxygen atoms in total. The van der Waals surface area contributed by atoms with E-state index in [0.29, 0.717) is 0 Å². The normalized spacial score (nSPS) is 10.9. The Hall–Kier alpha value is -1.81. The Bertz CT molecular complexity index is 502. The maximum Gasteiger partial charge on any atom is 0.119 e. The maximum atomic E-state index is 5.64. The van der Waals surface area contributed by atoms with Gasteiger partial charge in [-0.05, 0) is 45.2 Å². The number of H-pyrrole nitrogens is 1. The van der Waals surface area contributed by atoms with Crippen molar-refractivity contribution in [1.29, 1.82) is 0 Å².